The molecule has 0 bridgehead atoms. The highest BCUT2D eigenvalue weighted by atomic mass is 16.6. The maximum Gasteiger partial charge on any atom is 0.320 e. The molecule has 1 rings (SSSR count). The van der Waals surface area contributed by atoms with E-state index in [0.29, 0.717) is 0 Å². The van der Waals surface area contributed by atoms with Crippen LogP contribution in [0, 0.1) is 0 Å². The molecule has 92 valence electrons. The number of nitrogens with one attached hydrogen (secondary N) is 1. The zero-order valence-electron chi connectivity index (χ0n) is 10.4. The second-order valence-corrected chi connectivity index (χ2v) is 5.07. The number of esters is 1. The average Bonchev–Trinajstić information content (AvgIpc) is 2.42. The van der Waals surface area contributed by atoms with Crippen molar-refractivity contribution in [2.45, 2.75) is 38.8 Å². The lowest BCUT2D eigenvalue weighted by molar-refractivity contribution is -0.153. The van der Waals surface area contributed by atoms with Gasteiger partial charge in [0.25, 0.3) is 0 Å². The van der Waals surface area contributed by atoms with Gasteiger partial charge in [0.2, 0.25) is 5.91 Å². The SMILES string of the molecule is CN1CC[C@@H](NCC(=O)OC(C)(C)C)C1=O. The monoisotopic (exact) mass is 228 g/mol. The third-order valence-corrected chi connectivity index (χ3v) is 2.34. The van der Waals surface area contributed by atoms with Gasteiger partial charge < -0.3 is 9.64 Å². The van der Waals surface area contributed by atoms with E-state index in [2.05, 4.69) is 5.32 Å². The summed E-state index contributed by atoms with van der Waals surface area (Å²) in [5.74, 6) is -0.279. The molecular formula is C11H20N2O3. The molecule has 16 heavy (non-hydrogen) atoms. The van der Waals surface area contributed by atoms with Crippen LogP contribution in [0.25, 0.3) is 0 Å². The highest BCUT2D eigenvalue weighted by Crippen LogP contribution is 2.09. The van der Waals surface area contributed by atoms with Crippen molar-refractivity contribution in [3.63, 3.8) is 0 Å². The topological polar surface area (TPSA) is 58.6 Å². The number of hydrogen-bond donors (Lipinski definition) is 1. The van der Waals surface area contributed by atoms with Crippen LogP contribution in [-0.2, 0) is 14.3 Å². The predicted octanol–water partition coefficient (Wildman–Crippen LogP) is 0.148. The molecule has 0 aromatic heterocycles. The molecule has 0 aliphatic carbocycles. The van der Waals surface area contributed by atoms with Gasteiger partial charge in [0.15, 0.2) is 0 Å². The predicted molar refractivity (Wildman–Crippen MR) is 59.9 cm³/mol. The zero-order chi connectivity index (χ0) is 12.3. The third kappa shape index (κ3) is 3.81. The number of likely N-dealkylation sites (N-methyl/N-ethyl adjacent to an activating group) is 1. The van der Waals surface area contributed by atoms with Gasteiger partial charge in [0.1, 0.15) is 5.60 Å². The fraction of sp³-hybridized carbons (Fsp3) is 0.818. The Hall–Kier alpha value is -1.10. The standard InChI is InChI=1S/C11H20N2O3/c1-11(2,3)16-9(14)7-12-8-5-6-13(4)10(8)15/h8,12H,5-7H2,1-4H3/t8-/m1/s1. The molecule has 1 N–H and O–H groups in total. The smallest absolute Gasteiger partial charge is 0.320 e. The van der Waals surface area contributed by atoms with Crippen molar-refractivity contribution in [2.75, 3.05) is 20.1 Å². The highest BCUT2D eigenvalue weighted by molar-refractivity contribution is 5.84. The normalized spacial score (nSPS) is 21.4. The number of carbonyl (C=O) groups excluding carboxylic acids is 2. The van der Waals surface area contributed by atoms with Crippen LogP contribution >= 0.6 is 0 Å². The minimum absolute atomic E-state index is 0.0450. The number of nitrogens with zero attached hydrogens (tertiary/aromatic N) is 1. The summed E-state index contributed by atoms with van der Waals surface area (Å²) in [5, 5.41) is 2.92. The van der Waals surface area contributed by atoms with Gasteiger partial charge in [-0.2, -0.15) is 0 Å². The number of hydrogen-bond acceptors (Lipinski definition) is 4. The Morgan fingerprint density at radius 1 is 1.56 bits per heavy atom. The molecule has 0 aromatic rings. The van der Waals surface area contributed by atoms with Gasteiger partial charge in [-0.3, -0.25) is 14.9 Å². The largest absolute Gasteiger partial charge is 0.459 e. The summed E-state index contributed by atoms with van der Waals surface area (Å²) in [6.45, 7) is 6.28. The Morgan fingerprint density at radius 2 is 2.19 bits per heavy atom. The molecule has 5 heteroatoms. The molecule has 1 heterocycles. The van der Waals surface area contributed by atoms with Gasteiger partial charge in [-0.25, -0.2) is 0 Å². The minimum atomic E-state index is -0.477. The van der Waals surface area contributed by atoms with Crippen molar-refractivity contribution in [3.8, 4) is 0 Å². The number of amides is 1. The van der Waals surface area contributed by atoms with E-state index < -0.39 is 5.60 Å². The van der Waals surface area contributed by atoms with E-state index >= 15 is 0 Å². The molecule has 0 saturated carbocycles. The zero-order valence-corrected chi connectivity index (χ0v) is 10.4. The summed E-state index contributed by atoms with van der Waals surface area (Å²) in [7, 11) is 1.76. The van der Waals surface area contributed by atoms with Crippen molar-refractivity contribution in [1.29, 1.82) is 0 Å². The van der Waals surface area contributed by atoms with Crippen molar-refractivity contribution >= 4 is 11.9 Å². The summed E-state index contributed by atoms with van der Waals surface area (Å²) < 4.78 is 5.13. The van der Waals surface area contributed by atoms with E-state index in [1.165, 1.54) is 0 Å². The molecule has 0 unspecified atom stereocenters. The van der Waals surface area contributed by atoms with Crippen molar-refractivity contribution in [1.82, 2.24) is 10.2 Å². The number of carbonyl (C=O) groups is 2. The second kappa shape index (κ2) is 4.82. The van der Waals surface area contributed by atoms with Gasteiger partial charge in [0, 0.05) is 13.6 Å². The Bertz CT molecular complexity index is 283. The number of rotatable bonds is 3. The number of ether oxygens (including phenoxy) is 1. The molecule has 5 nitrogen and oxygen atoms in total. The number of likely N-dealkylation sites (tertiary alicyclic amines) is 1. The highest BCUT2D eigenvalue weighted by Gasteiger charge is 2.29. The molecule has 0 radical (unpaired) electrons. The van der Waals surface area contributed by atoms with Crippen LogP contribution in [0.3, 0.4) is 0 Å². The fourth-order valence-electron chi connectivity index (χ4n) is 1.60. The molecule has 1 atom stereocenters. The Kier molecular flexibility index (Phi) is 3.91. The van der Waals surface area contributed by atoms with E-state index in [4.69, 9.17) is 4.74 Å². The lowest BCUT2D eigenvalue weighted by Crippen LogP contribution is -2.41. The Labute approximate surface area is 96.1 Å². The van der Waals surface area contributed by atoms with E-state index in [0.717, 1.165) is 13.0 Å². The molecule has 0 aromatic carbocycles. The van der Waals surface area contributed by atoms with Crippen molar-refractivity contribution in [2.24, 2.45) is 0 Å². The first-order valence-electron chi connectivity index (χ1n) is 5.50. The molecule has 1 fully saturated rings. The van der Waals surface area contributed by atoms with Crippen LogP contribution < -0.4 is 5.32 Å². The maximum atomic E-state index is 11.5. The van der Waals surface area contributed by atoms with E-state index in [1.54, 1.807) is 11.9 Å². The molecule has 1 aliphatic heterocycles. The van der Waals surface area contributed by atoms with Gasteiger partial charge in [-0.1, -0.05) is 0 Å². The van der Waals surface area contributed by atoms with E-state index in [9.17, 15) is 9.59 Å². The summed E-state index contributed by atoms with van der Waals surface area (Å²) in [6, 6.07) is -0.238. The maximum absolute atomic E-state index is 11.5. The van der Waals surface area contributed by atoms with Crippen LogP contribution in [0.4, 0.5) is 0 Å². The molecular weight excluding hydrogens is 208 g/mol. The fourth-order valence-corrected chi connectivity index (χ4v) is 1.60. The Morgan fingerprint density at radius 3 is 2.62 bits per heavy atom. The van der Waals surface area contributed by atoms with Gasteiger partial charge in [-0.05, 0) is 27.2 Å². The van der Waals surface area contributed by atoms with E-state index in [1.807, 2.05) is 20.8 Å². The molecule has 0 spiro atoms. The van der Waals surface area contributed by atoms with Crippen LogP contribution in [-0.4, -0.2) is 48.6 Å². The van der Waals surface area contributed by atoms with Crippen LogP contribution in [0.5, 0.6) is 0 Å². The van der Waals surface area contributed by atoms with Gasteiger partial charge in [-0.15, -0.1) is 0 Å². The van der Waals surface area contributed by atoms with Gasteiger partial charge in [0.05, 0.1) is 12.6 Å². The van der Waals surface area contributed by atoms with Crippen LogP contribution in [0.2, 0.25) is 0 Å². The van der Waals surface area contributed by atoms with Gasteiger partial charge >= 0.3 is 5.97 Å². The van der Waals surface area contributed by atoms with E-state index in [-0.39, 0.29) is 24.5 Å². The van der Waals surface area contributed by atoms with Crippen molar-refractivity contribution < 1.29 is 14.3 Å². The summed E-state index contributed by atoms with van der Waals surface area (Å²) in [6.07, 6.45) is 0.748. The summed E-state index contributed by atoms with van der Waals surface area (Å²) in [5.41, 5.74) is -0.477. The lowest BCUT2D eigenvalue weighted by atomic mass is 10.2. The average molecular weight is 228 g/mol. The minimum Gasteiger partial charge on any atom is -0.459 e. The molecule has 1 saturated heterocycles. The lowest BCUT2D eigenvalue weighted by Gasteiger charge is -2.20. The second-order valence-electron chi connectivity index (χ2n) is 5.07. The first-order valence-corrected chi connectivity index (χ1v) is 5.50. The molecule has 1 amide bonds. The quantitative estimate of drug-likeness (QED) is 0.698. The summed E-state index contributed by atoms with van der Waals surface area (Å²) in [4.78, 5) is 24.6. The first kappa shape index (κ1) is 13.0. The third-order valence-electron chi connectivity index (χ3n) is 2.34. The summed E-state index contributed by atoms with van der Waals surface area (Å²) >= 11 is 0. The van der Waals surface area contributed by atoms with Crippen LogP contribution in [0.1, 0.15) is 27.2 Å². The van der Waals surface area contributed by atoms with Crippen molar-refractivity contribution in [3.05, 3.63) is 0 Å². The first-order chi connectivity index (χ1) is 7.29. The van der Waals surface area contributed by atoms with Crippen LogP contribution in [0.15, 0.2) is 0 Å². The molecule has 1 aliphatic rings. The Balaban J connectivity index is 2.30.